The predicted molar refractivity (Wildman–Crippen MR) is 62.6 cm³/mol. The van der Waals surface area contributed by atoms with Gasteiger partial charge in [0.1, 0.15) is 0 Å². The standard InChI is InChI=1S/C11H11N3O2S/c15-9-2-1-7(10(16)13-9)5-8-6-14-3-4-17-11(14)12-8/h3-4,6-7H,1-2,5H2,(H,13,15,16). The summed E-state index contributed by atoms with van der Waals surface area (Å²) < 4.78 is 1.95. The number of carbonyl (C=O) groups is 2. The number of piperidine rings is 1. The second kappa shape index (κ2) is 3.96. The minimum absolute atomic E-state index is 0.127. The number of thiazole rings is 1. The monoisotopic (exact) mass is 249 g/mol. The Morgan fingerprint density at radius 2 is 2.41 bits per heavy atom. The van der Waals surface area contributed by atoms with Crippen LogP contribution in [0.1, 0.15) is 18.5 Å². The molecule has 88 valence electrons. The third-order valence-electron chi connectivity index (χ3n) is 2.95. The number of imidazole rings is 1. The molecule has 0 bridgehead atoms. The van der Waals surface area contributed by atoms with Crippen LogP contribution in [0, 0.1) is 5.92 Å². The Balaban J connectivity index is 1.76. The molecule has 2 aromatic rings. The Kier molecular flexibility index (Phi) is 2.44. The molecule has 1 aliphatic rings. The van der Waals surface area contributed by atoms with Gasteiger partial charge in [0.25, 0.3) is 0 Å². The van der Waals surface area contributed by atoms with Crippen LogP contribution in [0.2, 0.25) is 0 Å². The third-order valence-corrected chi connectivity index (χ3v) is 3.72. The smallest absolute Gasteiger partial charge is 0.230 e. The zero-order valence-electron chi connectivity index (χ0n) is 9.05. The lowest BCUT2D eigenvalue weighted by Crippen LogP contribution is -2.41. The van der Waals surface area contributed by atoms with E-state index < -0.39 is 0 Å². The summed E-state index contributed by atoms with van der Waals surface area (Å²) in [6, 6.07) is 0. The lowest BCUT2D eigenvalue weighted by molar-refractivity contribution is -0.136. The number of nitrogens with zero attached hydrogens (tertiary/aromatic N) is 2. The molecule has 1 atom stereocenters. The number of amides is 2. The van der Waals surface area contributed by atoms with Gasteiger partial charge in [-0.3, -0.25) is 19.3 Å². The summed E-state index contributed by atoms with van der Waals surface area (Å²) in [6.45, 7) is 0. The van der Waals surface area contributed by atoms with Gasteiger partial charge < -0.3 is 0 Å². The topological polar surface area (TPSA) is 63.5 Å². The van der Waals surface area contributed by atoms with Crippen molar-refractivity contribution in [2.45, 2.75) is 19.3 Å². The average molecular weight is 249 g/mol. The van der Waals surface area contributed by atoms with Crippen LogP contribution >= 0.6 is 11.3 Å². The van der Waals surface area contributed by atoms with E-state index in [9.17, 15) is 9.59 Å². The maximum absolute atomic E-state index is 11.6. The minimum atomic E-state index is -0.169. The van der Waals surface area contributed by atoms with E-state index in [0.717, 1.165) is 10.7 Å². The highest BCUT2D eigenvalue weighted by molar-refractivity contribution is 7.15. The molecule has 17 heavy (non-hydrogen) atoms. The van der Waals surface area contributed by atoms with Gasteiger partial charge in [-0.1, -0.05) is 0 Å². The van der Waals surface area contributed by atoms with Crippen molar-refractivity contribution >= 4 is 28.1 Å². The second-order valence-electron chi connectivity index (χ2n) is 4.18. The summed E-state index contributed by atoms with van der Waals surface area (Å²) in [6.07, 6.45) is 5.54. The number of carbonyl (C=O) groups excluding carboxylic acids is 2. The molecule has 2 amide bonds. The van der Waals surface area contributed by atoms with Gasteiger partial charge in [-0.25, -0.2) is 4.98 Å². The molecular formula is C11H11N3O2S. The van der Waals surface area contributed by atoms with Crippen molar-refractivity contribution in [2.24, 2.45) is 5.92 Å². The maximum atomic E-state index is 11.6. The van der Waals surface area contributed by atoms with Crippen molar-refractivity contribution in [3.63, 3.8) is 0 Å². The molecular weight excluding hydrogens is 238 g/mol. The van der Waals surface area contributed by atoms with Crippen molar-refractivity contribution in [3.8, 4) is 0 Å². The number of rotatable bonds is 2. The third kappa shape index (κ3) is 1.95. The van der Waals surface area contributed by atoms with Gasteiger partial charge in [-0.05, 0) is 6.42 Å². The zero-order chi connectivity index (χ0) is 11.8. The molecule has 3 heterocycles. The van der Waals surface area contributed by atoms with Crippen LogP contribution in [0.3, 0.4) is 0 Å². The molecule has 0 aromatic carbocycles. The van der Waals surface area contributed by atoms with Gasteiger partial charge >= 0.3 is 0 Å². The molecule has 0 radical (unpaired) electrons. The second-order valence-corrected chi connectivity index (χ2v) is 5.05. The highest BCUT2D eigenvalue weighted by Gasteiger charge is 2.27. The molecule has 0 saturated carbocycles. The zero-order valence-corrected chi connectivity index (χ0v) is 9.87. The van der Waals surface area contributed by atoms with Gasteiger partial charge in [-0.15, -0.1) is 11.3 Å². The normalized spacial score (nSPS) is 20.8. The van der Waals surface area contributed by atoms with E-state index in [-0.39, 0.29) is 17.7 Å². The summed E-state index contributed by atoms with van der Waals surface area (Å²) in [5.74, 6) is -0.466. The molecule has 0 spiro atoms. The number of aromatic nitrogens is 2. The van der Waals surface area contributed by atoms with Crippen LogP contribution in [0.15, 0.2) is 17.8 Å². The predicted octanol–water partition coefficient (Wildman–Crippen LogP) is 0.991. The van der Waals surface area contributed by atoms with E-state index in [1.165, 1.54) is 0 Å². The Morgan fingerprint density at radius 3 is 3.18 bits per heavy atom. The van der Waals surface area contributed by atoms with Crippen LogP contribution in [0.5, 0.6) is 0 Å². The number of imide groups is 1. The molecule has 1 fully saturated rings. The fourth-order valence-electron chi connectivity index (χ4n) is 2.06. The van der Waals surface area contributed by atoms with Crippen molar-refractivity contribution in [1.82, 2.24) is 14.7 Å². The first-order chi connectivity index (χ1) is 8.22. The highest BCUT2D eigenvalue weighted by Crippen LogP contribution is 2.19. The number of hydrogen-bond acceptors (Lipinski definition) is 4. The highest BCUT2D eigenvalue weighted by atomic mass is 32.1. The summed E-state index contributed by atoms with van der Waals surface area (Å²) in [7, 11) is 0. The average Bonchev–Trinajstić information content (AvgIpc) is 2.82. The van der Waals surface area contributed by atoms with Gasteiger partial charge in [0, 0.05) is 36.5 Å². The fourth-order valence-corrected chi connectivity index (χ4v) is 2.78. The SMILES string of the molecule is O=C1CCC(Cc2cn3ccsc3n2)C(=O)N1. The number of hydrogen-bond donors (Lipinski definition) is 1. The lowest BCUT2D eigenvalue weighted by Gasteiger charge is -2.19. The molecule has 1 N–H and O–H groups in total. The first kappa shape index (κ1) is 10.5. The number of nitrogens with one attached hydrogen (secondary N) is 1. The van der Waals surface area contributed by atoms with Crippen molar-refractivity contribution < 1.29 is 9.59 Å². The van der Waals surface area contributed by atoms with E-state index in [1.54, 1.807) is 11.3 Å². The largest absolute Gasteiger partial charge is 0.297 e. The Labute approximate surface area is 101 Å². The van der Waals surface area contributed by atoms with Crippen molar-refractivity contribution in [2.75, 3.05) is 0 Å². The number of fused-ring (bicyclic) bond motifs is 1. The minimum Gasteiger partial charge on any atom is -0.297 e. The Bertz CT molecular complexity index is 558. The first-order valence-electron chi connectivity index (χ1n) is 5.47. The maximum Gasteiger partial charge on any atom is 0.230 e. The summed E-state index contributed by atoms with van der Waals surface area (Å²) in [5.41, 5.74) is 0.909. The van der Waals surface area contributed by atoms with Gasteiger partial charge in [-0.2, -0.15) is 0 Å². The molecule has 0 aliphatic carbocycles. The molecule has 1 saturated heterocycles. The van der Waals surface area contributed by atoms with Gasteiger partial charge in [0.05, 0.1) is 5.69 Å². The lowest BCUT2D eigenvalue weighted by atomic mass is 9.94. The van der Waals surface area contributed by atoms with Gasteiger partial charge in [0.2, 0.25) is 11.8 Å². The van der Waals surface area contributed by atoms with Crippen LogP contribution in [0.4, 0.5) is 0 Å². The Hall–Kier alpha value is -1.69. The van der Waals surface area contributed by atoms with E-state index in [1.807, 2.05) is 22.2 Å². The molecule has 6 heteroatoms. The van der Waals surface area contributed by atoms with Crippen LogP contribution in [-0.2, 0) is 16.0 Å². The summed E-state index contributed by atoms with van der Waals surface area (Å²) >= 11 is 1.57. The van der Waals surface area contributed by atoms with E-state index in [0.29, 0.717) is 19.3 Å². The summed E-state index contributed by atoms with van der Waals surface area (Å²) in [5, 5.41) is 4.34. The van der Waals surface area contributed by atoms with E-state index in [2.05, 4.69) is 10.3 Å². The Morgan fingerprint density at radius 1 is 1.53 bits per heavy atom. The first-order valence-corrected chi connectivity index (χ1v) is 6.35. The van der Waals surface area contributed by atoms with Crippen LogP contribution < -0.4 is 5.32 Å². The van der Waals surface area contributed by atoms with E-state index in [4.69, 9.17) is 0 Å². The summed E-state index contributed by atoms with van der Waals surface area (Å²) in [4.78, 5) is 28.0. The fraction of sp³-hybridized carbons (Fsp3) is 0.364. The van der Waals surface area contributed by atoms with Crippen molar-refractivity contribution in [3.05, 3.63) is 23.5 Å². The van der Waals surface area contributed by atoms with E-state index >= 15 is 0 Å². The quantitative estimate of drug-likeness (QED) is 0.807. The molecule has 5 nitrogen and oxygen atoms in total. The molecule has 2 aromatic heterocycles. The van der Waals surface area contributed by atoms with Gasteiger partial charge in [0.15, 0.2) is 4.96 Å². The molecule has 3 rings (SSSR count). The molecule has 1 aliphatic heterocycles. The van der Waals surface area contributed by atoms with Crippen LogP contribution in [0.25, 0.3) is 4.96 Å². The van der Waals surface area contributed by atoms with Crippen LogP contribution in [-0.4, -0.2) is 21.2 Å². The van der Waals surface area contributed by atoms with Crippen molar-refractivity contribution in [1.29, 1.82) is 0 Å². The molecule has 1 unspecified atom stereocenters.